The molecule has 0 bridgehead atoms. The highest BCUT2D eigenvalue weighted by Crippen LogP contribution is 2.26. The molecule has 1 fully saturated rings. The average molecular weight is 333 g/mol. The van der Waals surface area contributed by atoms with Crippen LogP contribution >= 0.6 is 21.0 Å². The molecule has 1 rings (SSSR count). The van der Waals surface area contributed by atoms with Crippen LogP contribution in [-0.4, -0.2) is 52.9 Å². The third-order valence-corrected chi connectivity index (χ3v) is 4.66. The first-order chi connectivity index (χ1) is 9.95. The number of carbonyl (C=O) groups is 4. The maximum atomic E-state index is 12.1. The van der Waals surface area contributed by atoms with Gasteiger partial charge >= 0.3 is 5.97 Å². The molecule has 1 saturated heterocycles. The summed E-state index contributed by atoms with van der Waals surface area (Å²) >= 11 is 1.42. The molecule has 118 valence electrons. The van der Waals surface area contributed by atoms with Crippen molar-refractivity contribution in [1.82, 2.24) is 4.90 Å². The zero-order valence-electron chi connectivity index (χ0n) is 12.0. The molecule has 21 heavy (non-hydrogen) atoms. The van der Waals surface area contributed by atoms with Crippen LogP contribution in [0.1, 0.15) is 32.1 Å². The van der Waals surface area contributed by atoms with Crippen LogP contribution in [0.15, 0.2) is 0 Å². The number of methoxy groups -OCH3 is 1. The third kappa shape index (κ3) is 6.14. The van der Waals surface area contributed by atoms with Crippen LogP contribution < -0.4 is 0 Å². The van der Waals surface area contributed by atoms with Crippen molar-refractivity contribution in [3.63, 3.8) is 0 Å². The van der Waals surface area contributed by atoms with Crippen molar-refractivity contribution >= 4 is 44.3 Å². The third-order valence-electron chi connectivity index (χ3n) is 3.08. The van der Waals surface area contributed by atoms with Gasteiger partial charge in [-0.1, -0.05) is 9.24 Å². The van der Waals surface area contributed by atoms with Gasteiger partial charge < -0.3 is 4.74 Å². The molecule has 0 spiro atoms. The minimum absolute atomic E-state index is 0.0499. The van der Waals surface area contributed by atoms with E-state index < -0.39 is 0 Å². The van der Waals surface area contributed by atoms with Gasteiger partial charge in [0.2, 0.25) is 11.8 Å². The molecule has 6 nitrogen and oxygen atoms in total. The SMILES string of the molecule is COC(=O)CCCN1C(=O)CC(SCCCC(=O)P)C1=O. The molecule has 0 radical (unpaired) electrons. The van der Waals surface area contributed by atoms with Crippen molar-refractivity contribution in [2.75, 3.05) is 19.4 Å². The Bertz CT molecular complexity index is 429. The lowest BCUT2D eigenvalue weighted by Gasteiger charge is -2.14. The number of esters is 1. The van der Waals surface area contributed by atoms with Crippen LogP contribution in [0.3, 0.4) is 0 Å². The monoisotopic (exact) mass is 333 g/mol. The topological polar surface area (TPSA) is 80.8 Å². The second-order valence-electron chi connectivity index (χ2n) is 4.70. The Morgan fingerprint density at radius 1 is 1.33 bits per heavy atom. The lowest BCUT2D eigenvalue weighted by atomic mass is 10.3. The summed E-state index contributed by atoms with van der Waals surface area (Å²) in [5, 5.41) is -0.352. The van der Waals surface area contributed by atoms with Gasteiger partial charge in [0.15, 0.2) is 0 Å². The number of imide groups is 1. The fourth-order valence-electron chi connectivity index (χ4n) is 1.97. The summed E-state index contributed by atoms with van der Waals surface area (Å²) in [7, 11) is 3.43. The number of thioether (sulfide) groups is 1. The van der Waals surface area contributed by atoms with E-state index in [1.165, 1.54) is 23.8 Å². The van der Waals surface area contributed by atoms with Crippen LogP contribution in [0.4, 0.5) is 0 Å². The van der Waals surface area contributed by atoms with Gasteiger partial charge in [-0.3, -0.25) is 24.1 Å². The van der Waals surface area contributed by atoms with E-state index in [-0.39, 0.29) is 47.9 Å². The molecule has 1 aliphatic rings. The Morgan fingerprint density at radius 3 is 2.67 bits per heavy atom. The number of rotatable bonds is 9. The van der Waals surface area contributed by atoms with Gasteiger partial charge in [0.25, 0.3) is 0 Å². The highest BCUT2D eigenvalue weighted by molar-refractivity contribution is 8.00. The normalized spacial score (nSPS) is 18.2. The van der Waals surface area contributed by atoms with Gasteiger partial charge in [-0.05, 0) is 18.6 Å². The van der Waals surface area contributed by atoms with Crippen molar-refractivity contribution in [3.8, 4) is 0 Å². The summed E-state index contributed by atoms with van der Waals surface area (Å²) in [5.74, 6) is -0.0431. The van der Waals surface area contributed by atoms with Gasteiger partial charge in [0.05, 0.1) is 12.4 Å². The Balaban J connectivity index is 2.33. The van der Waals surface area contributed by atoms with Gasteiger partial charge in [-0.25, -0.2) is 0 Å². The van der Waals surface area contributed by atoms with Crippen molar-refractivity contribution in [3.05, 3.63) is 0 Å². The predicted octanol–water partition coefficient (Wildman–Crippen LogP) is 0.982. The quantitative estimate of drug-likeness (QED) is 0.271. The van der Waals surface area contributed by atoms with Crippen molar-refractivity contribution < 1.29 is 23.9 Å². The molecule has 8 heteroatoms. The molecule has 2 atom stereocenters. The van der Waals surface area contributed by atoms with Crippen LogP contribution in [0.2, 0.25) is 0 Å². The summed E-state index contributed by atoms with van der Waals surface area (Å²) in [6.07, 6.45) is 1.99. The van der Waals surface area contributed by atoms with E-state index in [9.17, 15) is 19.2 Å². The standard InChI is InChI=1S/C13H20NO5PS/c1-19-11(16)4-2-6-14-10(15)8-9(13(14)18)21-7-3-5-12(17)20/h9H,2-8,20H2,1H3. The van der Waals surface area contributed by atoms with E-state index in [0.717, 1.165) is 0 Å². The maximum Gasteiger partial charge on any atom is 0.305 e. The first-order valence-electron chi connectivity index (χ1n) is 6.76. The lowest BCUT2D eigenvalue weighted by molar-refractivity contribution is -0.143. The molecule has 0 aromatic carbocycles. The lowest BCUT2D eigenvalue weighted by Crippen LogP contribution is -2.32. The van der Waals surface area contributed by atoms with E-state index in [1.807, 2.05) is 0 Å². The van der Waals surface area contributed by atoms with Crippen molar-refractivity contribution in [2.24, 2.45) is 0 Å². The maximum absolute atomic E-state index is 12.1. The fourth-order valence-corrected chi connectivity index (χ4v) is 3.30. The first-order valence-corrected chi connectivity index (χ1v) is 8.39. The number of nitrogens with zero attached hydrogens (tertiary/aromatic N) is 1. The number of likely N-dealkylation sites (tertiary alicyclic amines) is 1. The van der Waals surface area contributed by atoms with Crippen LogP contribution in [0, 0.1) is 0 Å². The summed E-state index contributed by atoms with van der Waals surface area (Å²) in [4.78, 5) is 46.9. The molecule has 1 heterocycles. The number of amides is 2. The summed E-state index contributed by atoms with van der Waals surface area (Å²) in [6, 6.07) is 0. The first kappa shape index (κ1) is 18.1. The van der Waals surface area contributed by atoms with Crippen molar-refractivity contribution in [2.45, 2.75) is 37.4 Å². The highest BCUT2D eigenvalue weighted by Gasteiger charge is 2.38. The molecular formula is C13H20NO5PS. The molecule has 2 amide bonds. The smallest absolute Gasteiger partial charge is 0.305 e. The molecule has 0 aromatic heterocycles. The Kier molecular flexibility index (Phi) is 7.89. The van der Waals surface area contributed by atoms with E-state index in [1.54, 1.807) is 0 Å². The van der Waals surface area contributed by atoms with E-state index in [2.05, 4.69) is 14.0 Å². The fraction of sp³-hybridized carbons (Fsp3) is 0.692. The number of hydrogen-bond donors (Lipinski definition) is 0. The molecule has 1 aliphatic heterocycles. The Labute approximate surface area is 130 Å². The molecule has 0 saturated carbocycles. The highest BCUT2D eigenvalue weighted by atomic mass is 32.2. The molecule has 0 aliphatic carbocycles. The van der Waals surface area contributed by atoms with E-state index in [4.69, 9.17) is 0 Å². The van der Waals surface area contributed by atoms with Crippen LogP contribution in [0.25, 0.3) is 0 Å². The number of hydrogen-bond acceptors (Lipinski definition) is 6. The minimum atomic E-state index is -0.352. The van der Waals surface area contributed by atoms with E-state index >= 15 is 0 Å². The zero-order chi connectivity index (χ0) is 15.8. The average Bonchev–Trinajstić information content (AvgIpc) is 2.70. The second-order valence-corrected chi connectivity index (χ2v) is 6.65. The van der Waals surface area contributed by atoms with Gasteiger partial charge in [-0.15, -0.1) is 11.8 Å². The number of carbonyl (C=O) groups excluding carboxylic acids is 4. The largest absolute Gasteiger partial charge is 0.469 e. The molecule has 0 N–H and O–H groups in total. The molecule has 0 aromatic rings. The minimum Gasteiger partial charge on any atom is -0.469 e. The van der Waals surface area contributed by atoms with Gasteiger partial charge in [-0.2, -0.15) is 0 Å². The molecule has 2 unspecified atom stereocenters. The predicted molar refractivity (Wildman–Crippen MR) is 82.8 cm³/mol. The van der Waals surface area contributed by atoms with Crippen molar-refractivity contribution in [1.29, 1.82) is 0 Å². The Hall–Kier alpha value is -0.940. The summed E-state index contributed by atoms with van der Waals surface area (Å²) in [6.45, 7) is 0.258. The van der Waals surface area contributed by atoms with E-state index in [0.29, 0.717) is 25.0 Å². The summed E-state index contributed by atoms with van der Waals surface area (Å²) < 4.78 is 4.51. The molecular weight excluding hydrogens is 313 g/mol. The zero-order valence-corrected chi connectivity index (χ0v) is 14.0. The summed E-state index contributed by atoms with van der Waals surface area (Å²) in [5.41, 5.74) is 0.0499. The van der Waals surface area contributed by atoms with Crippen LogP contribution in [0.5, 0.6) is 0 Å². The van der Waals surface area contributed by atoms with Gasteiger partial charge in [0, 0.05) is 25.8 Å². The van der Waals surface area contributed by atoms with Crippen LogP contribution in [-0.2, 0) is 23.9 Å². The second kappa shape index (κ2) is 9.15. The van der Waals surface area contributed by atoms with Gasteiger partial charge in [0.1, 0.15) is 5.52 Å². The number of ether oxygens (including phenoxy) is 1. The Morgan fingerprint density at radius 2 is 2.05 bits per heavy atom.